The van der Waals surface area contributed by atoms with Crippen LogP contribution in [0.3, 0.4) is 0 Å². The molecule has 0 aliphatic rings. The second-order valence-corrected chi connectivity index (χ2v) is 11.8. The number of aromatic nitrogens is 1. The van der Waals surface area contributed by atoms with Gasteiger partial charge < -0.3 is 14.2 Å². The molecule has 1 heterocycles. The molecule has 0 amide bonds. The third kappa shape index (κ3) is 13.3. The van der Waals surface area contributed by atoms with Gasteiger partial charge in [-0.05, 0) is 90.3 Å². The molecule has 0 N–H and O–H groups in total. The SMILES string of the molecule is CCCCCCCCCCCCCCOc1ccc(C(=O)Oc2ccc(C(=O)Oc3cccc(/C=C/c4ccncc4)c3)cc2)cc1. The highest BCUT2D eigenvalue weighted by Gasteiger charge is 2.12. The number of nitrogens with zero attached hydrogens (tertiary/aromatic N) is 1. The first-order chi connectivity index (χ1) is 23.1. The summed E-state index contributed by atoms with van der Waals surface area (Å²) >= 11 is 0. The van der Waals surface area contributed by atoms with E-state index in [1.54, 1.807) is 73.1 Å². The second-order valence-electron chi connectivity index (χ2n) is 11.8. The van der Waals surface area contributed by atoms with E-state index in [0.29, 0.717) is 29.2 Å². The Balaban J connectivity index is 1.13. The normalized spacial score (nSPS) is 11.0. The Morgan fingerprint density at radius 3 is 1.66 bits per heavy atom. The van der Waals surface area contributed by atoms with Crippen LogP contribution in [0.25, 0.3) is 12.2 Å². The van der Waals surface area contributed by atoms with Gasteiger partial charge in [0, 0.05) is 12.4 Å². The number of hydrogen-bond acceptors (Lipinski definition) is 6. The minimum absolute atomic E-state index is 0.335. The smallest absolute Gasteiger partial charge is 0.343 e. The van der Waals surface area contributed by atoms with E-state index >= 15 is 0 Å². The number of carbonyl (C=O) groups is 2. The van der Waals surface area contributed by atoms with Crippen molar-refractivity contribution in [3.8, 4) is 17.2 Å². The van der Waals surface area contributed by atoms with Gasteiger partial charge >= 0.3 is 11.9 Å². The fourth-order valence-electron chi connectivity index (χ4n) is 5.16. The molecule has 0 aliphatic carbocycles. The fraction of sp³-hybridized carbons (Fsp3) is 0.341. The zero-order valence-corrected chi connectivity index (χ0v) is 27.6. The van der Waals surface area contributed by atoms with Crippen molar-refractivity contribution in [1.82, 2.24) is 4.98 Å². The maximum absolute atomic E-state index is 12.7. The van der Waals surface area contributed by atoms with E-state index in [4.69, 9.17) is 14.2 Å². The van der Waals surface area contributed by atoms with Crippen LogP contribution >= 0.6 is 0 Å². The van der Waals surface area contributed by atoms with Crippen LogP contribution in [0.5, 0.6) is 17.2 Å². The molecule has 0 unspecified atom stereocenters. The van der Waals surface area contributed by atoms with E-state index in [2.05, 4.69) is 11.9 Å². The number of pyridine rings is 1. The maximum Gasteiger partial charge on any atom is 0.343 e. The molecule has 6 nitrogen and oxygen atoms in total. The summed E-state index contributed by atoms with van der Waals surface area (Å²) in [6.45, 7) is 2.93. The molecule has 0 spiro atoms. The van der Waals surface area contributed by atoms with E-state index in [1.165, 1.54) is 70.6 Å². The lowest BCUT2D eigenvalue weighted by Gasteiger charge is -2.09. The van der Waals surface area contributed by atoms with Crippen LogP contribution in [0.4, 0.5) is 0 Å². The number of ether oxygens (including phenoxy) is 3. The van der Waals surface area contributed by atoms with Crippen LogP contribution in [0.2, 0.25) is 0 Å². The summed E-state index contributed by atoms with van der Waals surface area (Å²) in [5.41, 5.74) is 2.68. The second kappa shape index (κ2) is 20.4. The van der Waals surface area contributed by atoms with Gasteiger partial charge in [-0.15, -0.1) is 0 Å². The lowest BCUT2D eigenvalue weighted by Crippen LogP contribution is -2.10. The molecule has 6 heteroatoms. The maximum atomic E-state index is 12.7. The Labute approximate surface area is 279 Å². The molecular weight excluding hydrogens is 586 g/mol. The summed E-state index contributed by atoms with van der Waals surface area (Å²) in [6.07, 6.45) is 23.1. The molecule has 3 aromatic carbocycles. The van der Waals surface area contributed by atoms with Gasteiger partial charge in [-0.1, -0.05) is 102 Å². The molecule has 0 bridgehead atoms. The number of unbranched alkanes of at least 4 members (excludes halogenated alkanes) is 11. The van der Waals surface area contributed by atoms with Crippen LogP contribution in [-0.4, -0.2) is 23.5 Å². The minimum Gasteiger partial charge on any atom is -0.494 e. The molecule has 0 saturated carbocycles. The Hall–Kier alpha value is -4.71. The summed E-state index contributed by atoms with van der Waals surface area (Å²) in [6, 6.07) is 24.4. The third-order valence-corrected chi connectivity index (χ3v) is 7.90. The highest BCUT2D eigenvalue weighted by molar-refractivity contribution is 5.92. The van der Waals surface area contributed by atoms with Crippen LogP contribution in [0, 0.1) is 0 Å². The lowest BCUT2D eigenvalue weighted by molar-refractivity contribution is 0.0730. The zero-order chi connectivity index (χ0) is 32.9. The standard InChI is InChI=1S/C41H47NO5/c1-2-3-4-5-6-7-8-9-10-11-12-13-31-45-37-23-19-35(20-24-37)40(43)46-38-25-21-36(22-26-38)41(44)47-39-16-14-15-34(32-39)18-17-33-27-29-42-30-28-33/h14-30,32H,2-13,31H2,1H3/b18-17+. The van der Waals surface area contributed by atoms with E-state index in [-0.39, 0.29) is 0 Å². The van der Waals surface area contributed by atoms with Crippen molar-refractivity contribution >= 4 is 24.1 Å². The van der Waals surface area contributed by atoms with Gasteiger partial charge in [0.2, 0.25) is 0 Å². The quantitative estimate of drug-likeness (QED) is 0.0548. The van der Waals surface area contributed by atoms with Crippen LogP contribution < -0.4 is 14.2 Å². The topological polar surface area (TPSA) is 74.7 Å². The largest absolute Gasteiger partial charge is 0.494 e. The molecule has 0 aliphatic heterocycles. The highest BCUT2D eigenvalue weighted by atomic mass is 16.5. The van der Waals surface area contributed by atoms with Crippen LogP contribution in [0.1, 0.15) is 116 Å². The zero-order valence-electron chi connectivity index (χ0n) is 27.6. The summed E-state index contributed by atoms with van der Waals surface area (Å²) in [4.78, 5) is 29.4. The summed E-state index contributed by atoms with van der Waals surface area (Å²) in [7, 11) is 0. The number of carbonyl (C=O) groups excluding carboxylic acids is 2. The average molecular weight is 634 g/mol. The summed E-state index contributed by atoms with van der Waals surface area (Å²) in [5, 5.41) is 0. The first-order valence-electron chi connectivity index (χ1n) is 17.1. The van der Waals surface area contributed by atoms with Crippen molar-refractivity contribution in [2.75, 3.05) is 6.61 Å². The average Bonchev–Trinajstić information content (AvgIpc) is 3.10. The predicted octanol–water partition coefficient (Wildman–Crippen LogP) is 10.8. The number of esters is 2. The minimum atomic E-state index is -0.503. The van der Waals surface area contributed by atoms with E-state index < -0.39 is 11.9 Å². The molecular formula is C41H47NO5. The molecule has 4 aromatic rings. The fourth-order valence-corrected chi connectivity index (χ4v) is 5.16. The first-order valence-corrected chi connectivity index (χ1v) is 17.1. The van der Waals surface area contributed by atoms with Gasteiger partial charge in [0.05, 0.1) is 17.7 Å². The number of hydrogen-bond donors (Lipinski definition) is 0. The third-order valence-electron chi connectivity index (χ3n) is 7.90. The molecule has 4 rings (SSSR count). The monoisotopic (exact) mass is 633 g/mol. The van der Waals surface area contributed by atoms with Crippen molar-refractivity contribution < 1.29 is 23.8 Å². The van der Waals surface area contributed by atoms with Gasteiger partial charge in [-0.3, -0.25) is 4.98 Å². The van der Waals surface area contributed by atoms with Crippen molar-refractivity contribution in [2.24, 2.45) is 0 Å². The highest BCUT2D eigenvalue weighted by Crippen LogP contribution is 2.20. The molecule has 0 saturated heterocycles. The molecule has 1 aromatic heterocycles. The van der Waals surface area contributed by atoms with Crippen LogP contribution in [-0.2, 0) is 0 Å². The Bertz CT molecular complexity index is 1510. The molecule has 0 fully saturated rings. The van der Waals surface area contributed by atoms with Crippen LogP contribution in [0.15, 0.2) is 97.3 Å². The van der Waals surface area contributed by atoms with Gasteiger partial charge in [0.1, 0.15) is 17.2 Å². The van der Waals surface area contributed by atoms with Gasteiger partial charge in [0.15, 0.2) is 0 Å². The van der Waals surface area contributed by atoms with Crippen molar-refractivity contribution in [3.63, 3.8) is 0 Å². The summed E-state index contributed by atoms with van der Waals surface area (Å²) in [5.74, 6) is 0.524. The van der Waals surface area contributed by atoms with E-state index in [0.717, 1.165) is 23.3 Å². The van der Waals surface area contributed by atoms with Crippen molar-refractivity contribution in [1.29, 1.82) is 0 Å². The summed E-state index contributed by atoms with van der Waals surface area (Å²) < 4.78 is 16.9. The van der Waals surface area contributed by atoms with E-state index in [9.17, 15) is 9.59 Å². The number of rotatable bonds is 20. The van der Waals surface area contributed by atoms with Crippen molar-refractivity contribution in [3.05, 3.63) is 120 Å². The molecule has 47 heavy (non-hydrogen) atoms. The lowest BCUT2D eigenvalue weighted by atomic mass is 10.1. The predicted molar refractivity (Wildman–Crippen MR) is 189 cm³/mol. The Morgan fingerprint density at radius 1 is 0.553 bits per heavy atom. The molecule has 0 radical (unpaired) electrons. The number of benzene rings is 3. The molecule has 0 atom stereocenters. The Kier molecular flexibility index (Phi) is 15.3. The van der Waals surface area contributed by atoms with Crippen molar-refractivity contribution in [2.45, 2.75) is 84.0 Å². The Morgan fingerprint density at radius 2 is 1.06 bits per heavy atom. The van der Waals surface area contributed by atoms with Gasteiger partial charge in [-0.2, -0.15) is 0 Å². The van der Waals surface area contributed by atoms with Gasteiger partial charge in [-0.25, -0.2) is 9.59 Å². The van der Waals surface area contributed by atoms with E-state index in [1.807, 2.05) is 36.4 Å². The molecule has 246 valence electrons. The first kappa shape index (κ1) is 35.1. The van der Waals surface area contributed by atoms with Gasteiger partial charge in [0.25, 0.3) is 0 Å².